The molecule has 0 amide bonds. The summed E-state index contributed by atoms with van der Waals surface area (Å²) in [6, 6.07) is 2.24. The molecule has 0 aromatic carbocycles. The molecule has 9 heavy (non-hydrogen) atoms. The third-order valence-electron chi connectivity index (χ3n) is 1.51. The monoisotopic (exact) mass is 126 g/mol. The molecule has 1 unspecified atom stereocenters. The topological polar surface area (TPSA) is 36.2 Å². The Hall–Kier alpha value is -0.620. The second-order valence-corrected chi connectivity index (χ2v) is 3.28. The first-order chi connectivity index (χ1) is 3.98. The lowest BCUT2D eigenvalue weighted by molar-refractivity contribution is 0.342. The highest BCUT2D eigenvalue weighted by Gasteiger charge is 2.18. The van der Waals surface area contributed by atoms with E-state index in [9.17, 15) is 0 Å². The predicted molar refractivity (Wildman–Crippen MR) is 39.1 cm³/mol. The summed E-state index contributed by atoms with van der Waals surface area (Å²) in [5, 5.41) is 6.60. The Morgan fingerprint density at radius 3 is 2.00 bits per heavy atom. The number of hydrogen-bond acceptors (Lipinski definition) is 2. The van der Waals surface area contributed by atoms with Gasteiger partial charge in [0, 0.05) is 0 Å². The van der Waals surface area contributed by atoms with Crippen LogP contribution in [0.25, 0.3) is 0 Å². The molecule has 1 N–H and O–H groups in total. The lowest BCUT2D eigenvalue weighted by Gasteiger charge is -2.21. The maximum absolute atomic E-state index is 6.60. The number of nitrogens with zero attached hydrogens (tertiary/aromatic N) is 1. The number of rotatable bonds is 1. The molecule has 0 rings (SSSR count). The Bertz CT molecular complexity index is 126. The van der Waals surface area contributed by atoms with Crippen LogP contribution in [0.3, 0.4) is 0 Å². The highest BCUT2D eigenvalue weighted by Crippen LogP contribution is 2.20. The third-order valence-corrected chi connectivity index (χ3v) is 1.51. The van der Waals surface area contributed by atoms with Gasteiger partial charge in [0.05, 0.1) is 12.1 Å². The molecule has 0 radical (unpaired) electrons. The van der Waals surface area contributed by atoms with Crippen LogP contribution in [0.4, 0.5) is 0 Å². The van der Waals surface area contributed by atoms with E-state index in [1.807, 2.05) is 12.9 Å². The van der Waals surface area contributed by atoms with E-state index in [4.69, 9.17) is 5.41 Å². The van der Waals surface area contributed by atoms with Crippen LogP contribution in [-0.4, -0.2) is 12.1 Å². The third kappa shape index (κ3) is 3.04. The lowest BCUT2D eigenvalue weighted by Crippen LogP contribution is -2.20. The van der Waals surface area contributed by atoms with Crippen LogP contribution in [0, 0.1) is 10.8 Å². The van der Waals surface area contributed by atoms with E-state index in [-0.39, 0.29) is 11.5 Å². The zero-order valence-corrected chi connectivity index (χ0v) is 6.52. The molecule has 1 atom stereocenters. The molecule has 0 spiro atoms. The van der Waals surface area contributed by atoms with Gasteiger partial charge in [-0.2, -0.15) is 0 Å². The van der Waals surface area contributed by atoms with E-state index in [1.54, 1.807) is 0 Å². The van der Waals surface area contributed by atoms with E-state index in [0.29, 0.717) is 0 Å². The normalized spacial score (nSPS) is 14.2. The summed E-state index contributed by atoms with van der Waals surface area (Å²) in [4.78, 5) is 3.81. The van der Waals surface area contributed by atoms with Crippen molar-refractivity contribution in [2.45, 2.75) is 33.7 Å². The van der Waals surface area contributed by atoms with Crippen molar-refractivity contribution in [1.82, 2.24) is 0 Å². The second kappa shape index (κ2) is 2.79. The van der Waals surface area contributed by atoms with Crippen molar-refractivity contribution < 1.29 is 0 Å². The van der Waals surface area contributed by atoms with E-state index >= 15 is 0 Å². The summed E-state index contributed by atoms with van der Waals surface area (Å²) >= 11 is 0. The molecule has 0 aromatic heterocycles. The molecule has 0 bridgehead atoms. The van der Waals surface area contributed by atoms with Gasteiger partial charge in [-0.25, -0.2) is 10.4 Å². The first kappa shape index (κ1) is 8.38. The molecule has 0 fully saturated rings. The van der Waals surface area contributed by atoms with Gasteiger partial charge in [-0.05, 0) is 12.3 Å². The van der Waals surface area contributed by atoms with Gasteiger partial charge in [0.15, 0.2) is 0 Å². The summed E-state index contributed by atoms with van der Waals surface area (Å²) in [5.74, 6) is 0. The van der Waals surface area contributed by atoms with Crippen LogP contribution >= 0.6 is 0 Å². The predicted octanol–water partition coefficient (Wildman–Crippen LogP) is 2.17. The molecule has 0 aliphatic heterocycles. The Labute approximate surface area is 56.5 Å². The number of aliphatic imine (C=N–C) groups is 1. The first-order valence-corrected chi connectivity index (χ1v) is 3.10. The van der Waals surface area contributed by atoms with Gasteiger partial charge in [0.1, 0.15) is 0 Å². The van der Waals surface area contributed by atoms with Crippen molar-refractivity contribution >= 4 is 6.01 Å². The van der Waals surface area contributed by atoms with Crippen molar-refractivity contribution in [3.8, 4) is 0 Å². The van der Waals surface area contributed by atoms with Gasteiger partial charge in [0.2, 0.25) is 0 Å². The maximum atomic E-state index is 6.60. The fourth-order valence-corrected chi connectivity index (χ4v) is 0.290. The molecule has 0 aliphatic carbocycles. The van der Waals surface area contributed by atoms with E-state index in [0.717, 1.165) is 0 Å². The van der Waals surface area contributed by atoms with E-state index in [2.05, 4.69) is 25.8 Å². The van der Waals surface area contributed by atoms with Crippen LogP contribution in [0.15, 0.2) is 4.99 Å². The van der Waals surface area contributed by atoms with Gasteiger partial charge in [-0.3, -0.25) is 0 Å². The summed E-state index contributed by atoms with van der Waals surface area (Å²) in [7, 11) is 0. The smallest absolute Gasteiger partial charge is 0.0864 e. The Balaban J connectivity index is 4.03. The SMILES string of the molecule is CC(N=C=N)C(C)(C)C. The van der Waals surface area contributed by atoms with Gasteiger partial charge < -0.3 is 0 Å². The average Bonchev–Trinajstić information content (AvgIpc) is 1.64. The molecular formula is C7H14N2. The first-order valence-electron chi connectivity index (χ1n) is 3.10. The zero-order chi connectivity index (χ0) is 7.49. The minimum Gasteiger partial charge on any atom is -0.242 e. The minimum atomic E-state index is 0.161. The van der Waals surface area contributed by atoms with Crippen LogP contribution in [0.5, 0.6) is 0 Å². The average molecular weight is 126 g/mol. The van der Waals surface area contributed by atoms with Crippen molar-refractivity contribution in [2.24, 2.45) is 10.4 Å². The van der Waals surface area contributed by atoms with Crippen molar-refractivity contribution in [3.63, 3.8) is 0 Å². The summed E-state index contributed by atoms with van der Waals surface area (Å²) in [6.07, 6.45) is 0. The molecular weight excluding hydrogens is 112 g/mol. The summed E-state index contributed by atoms with van der Waals surface area (Å²) < 4.78 is 0. The summed E-state index contributed by atoms with van der Waals surface area (Å²) in [5.41, 5.74) is 0.161. The van der Waals surface area contributed by atoms with Crippen LogP contribution in [-0.2, 0) is 0 Å². The quantitative estimate of drug-likeness (QED) is 0.523. The van der Waals surface area contributed by atoms with Gasteiger partial charge >= 0.3 is 0 Å². The highest BCUT2D eigenvalue weighted by molar-refractivity contribution is 5.36. The van der Waals surface area contributed by atoms with Gasteiger partial charge in [0.25, 0.3) is 0 Å². The Kier molecular flexibility index (Phi) is 2.60. The molecule has 0 aliphatic rings. The standard InChI is InChI=1S/C7H14N2/c1-6(9-5-8)7(2,3)4/h6,8H,1-4H3. The second-order valence-electron chi connectivity index (χ2n) is 3.28. The molecule has 0 aromatic rings. The molecule has 0 saturated heterocycles. The maximum Gasteiger partial charge on any atom is 0.0864 e. The minimum absolute atomic E-state index is 0.161. The largest absolute Gasteiger partial charge is 0.242 e. The van der Waals surface area contributed by atoms with E-state index < -0.39 is 0 Å². The number of hydrogen-bond donors (Lipinski definition) is 1. The zero-order valence-electron chi connectivity index (χ0n) is 6.52. The van der Waals surface area contributed by atoms with Crippen LogP contribution < -0.4 is 0 Å². The molecule has 2 nitrogen and oxygen atoms in total. The fourth-order valence-electron chi connectivity index (χ4n) is 0.290. The van der Waals surface area contributed by atoms with Crippen LogP contribution in [0.2, 0.25) is 0 Å². The van der Waals surface area contributed by atoms with Gasteiger partial charge in [-0.15, -0.1) is 0 Å². The van der Waals surface area contributed by atoms with E-state index in [1.165, 1.54) is 0 Å². The molecule has 52 valence electrons. The Morgan fingerprint density at radius 2 is 1.89 bits per heavy atom. The summed E-state index contributed by atoms with van der Waals surface area (Å²) in [6.45, 7) is 8.27. The van der Waals surface area contributed by atoms with Crippen molar-refractivity contribution in [3.05, 3.63) is 0 Å². The Morgan fingerprint density at radius 1 is 1.44 bits per heavy atom. The fraction of sp³-hybridized carbons (Fsp3) is 0.857. The number of nitrogens with one attached hydrogen (secondary N) is 1. The molecule has 0 heterocycles. The van der Waals surface area contributed by atoms with Crippen LogP contribution in [0.1, 0.15) is 27.7 Å². The highest BCUT2D eigenvalue weighted by atomic mass is 14.8. The lowest BCUT2D eigenvalue weighted by atomic mass is 9.89. The van der Waals surface area contributed by atoms with Crippen molar-refractivity contribution in [2.75, 3.05) is 0 Å². The molecule has 0 saturated carbocycles. The molecule has 2 heteroatoms. The van der Waals surface area contributed by atoms with Crippen molar-refractivity contribution in [1.29, 1.82) is 5.41 Å². The van der Waals surface area contributed by atoms with Gasteiger partial charge in [-0.1, -0.05) is 20.8 Å².